The molecule has 0 aliphatic carbocycles. The zero-order valence-corrected chi connectivity index (χ0v) is 17.0. The Labute approximate surface area is 175 Å². The van der Waals surface area contributed by atoms with E-state index in [1.54, 1.807) is 21.3 Å². The van der Waals surface area contributed by atoms with Crippen molar-refractivity contribution in [3.05, 3.63) is 72.8 Å². The summed E-state index contributed by atoms with van der Waals surface area (Å²) in [5.74, 6) is 4.09. The van der Waals surface area contributed by atoms with Gasteiger partial charge in [0, 0.05) is 16.7 Å². The van der Waals surface area contributed by atoms with Gasteiger partial charge < -0.3 is 14.2 Å². The number of hydrogen-bond acceptors (Lipinski definition) is 6. The molecule has 0 unspecified atom stereocenters. The molecule has 0 fully saturated rings. The molecule has 0 spiro atoms. The fraction of sp³-hybridized carbons (Fsp3) is 0.125. The van der Waals surface area contributed by atoms with E-state index in [1.807, 2.05) is 72.8 Å². The summed E-state index contributed by atoms with van der Waals surface area (Å²) in [7, 11) is 4.92. The number of methoxy groups -OCH3 is 3. The van der Waals surface area contributed by atoms with E-state index in [-0.39, 0.29) is 0 Å². The van der Waals surface area contributed by atoms with Crippen molar-refractivity contribution < 1.29 is 14.2 Å². The summed E-state index contributed by atoms with van der Waals surface area (Å²) in [4.78, 5) is 14.1. The Morgan fingerprint density at radius 2 is 0.633 bits per heavy atom. The number of ether oxygens (including phenoxy) is 3. The summed E-state index contributed by atoms with van der Waals surface area (Å²) in [5, 5.41) is 0. The zero-order valence-electron chi connectivity index (χ0n) is 17.0. The summed E-state index contributed by atoms with van der Waals surface area (Å²) < 4.78 is 15.8. The Kier molecular flexibility index (Phi) is 5.57. The monoisotopic (exact) mass is 399 g/mol. The van der Waals surface area contributed by atoms with Gasteiger partial charge in [0.25, 0.3) is 0 Å². The highest BCUT2D eigenvalue weighted by Crippen LogP contribution is 2.27. The molecule has 6 nitrogen and oxygen atoms in total. The van der Waals surface area contributed by atoms with Crippen LogP contribution in [0.25, 0.3) is 34.2 Å². The van der Waals surface area contributed by atoms with Gasteiger partial charge in [0.15, 0.2) is 17.5 Å². The largest absolute Gasteiger partial charge is 0.497 e. The Hall–Kier alpha value is -3.93. The van der Waals surface area contributed by atoms with Crippen LogP contribution >= 0.6 is 0 Å². The number of benzene rings is 3. The first-order valence-electron chi connectivity index (χ1n) is 9.39. The summed E-state index contributed by atoms with van der Waals surface area (Å²) in [6, 6.07) is 22.9. The van der Waals surface area contributed by atoms with Gasteiger partial charge in [0.2, 0.25) is 0 Å². The van der Waals surface area contributed by atoms with Crippen LogP contribution < -0.4 is 14.2 Å². The number of nitrogens with zero attached hydrogens (tertiary/aromatic N) is 3. The highest BCUT2D eigenvalue weighted by Gasteiger charge is 2.12. The maximum atomic E-state index is 5.26. The molecule has 4 aromatic rings. The zero-order chi connectivity index (χ0) is 20.9. The van der Waals surface area contributed by atoms with Crippen molar-refractivity contribution in [1.29, 1.82) is 0 Å². The predicted molar refractivity (Wildman–Crippen MR) is 116 cm³/mol. The third-order valence-corrected chi connectivity index (χ3v) is 4.68. The quantitative estimate of drug-likeness (QED) is 0.459. The van der Waals surface area contributed by atoms with Crippen LogP contribution in [-0.2, 0) is 0 Å². The van der Waals surface area contributed by atoms with E-state index >= 15 is 0 Å². The lowest BCUT2D eigenvalue weighted by molar-refractivity contribution is 0.415. The van der Waals surface area contributed by atoms with E-state index in [9.17, 15) is 0 Å². The maximum Gasteiger partial charge on any atom is 0.164 e. The molecule has 150 valence electrons. The highest BCUT2D eigenvalue weighted by molar-refractivity contribution is 5.67. The van der Waals surface area contributed by atoms with Gasteiger partial charge in [-0.15, -0.1) is 0 Å². The fourth-order valence-corrected chi connectivity index (χ4v) is 2.98. The van der Waals surface area contributed by atoms with Crippen molar-refractivity contribution in [2.24, 2.45) is 0 Å². The lowest BCUT2D eigenvalue weighted by Crippen LogP contribution is -2.00. The van der Waals surface area contributed by atoms with Gasteiger partial charge in [-0.05, 0) is 72.8 Å². The third-order valence-electron chi connectivity index (χ3n) is 4.68. The van der Waals surface area contributed by atoms with E-state index in [0.29, 0.717) is 17.5 Å². The molecule has 0 amide bonds. The first kappa shape index (κ1) is 19.4. The molecule has 0 radical (unpaired) electrons. The normalized spacial score (nSPS) is 10.5. The van der Waals surface area contributed by atoms with Gasteiger partial charge in [0.1, 0.15) is 17.2 Å². The van der Waals surface area contributed by atoms with Crippen LogP contribution in [0.4, 0.5) is 0 Å². The minimum Gasteiger partial charge on any atom is -0.497 e. The smallest absolute Gasteiger partial charge is 0.164 e. The molecule has 0 aliphatic rings. The molecular formula is C24H21N3O3. The van der Waals surface area contributed by atoms with E-state index in [4.69, 9.17) is 29.2 Å². The summed E-state index contributed by atoms with van der Waals surface area (Å²) in [6.45, 7) is 0. The molecule has 0 saturated carbocycles. The molecule has 0 atom stereocenters. The Balaban J connectivity index is 1.83. The van der Waals surface area contributed by atoms with Crippen molar-refractivity contribution in [2.45, 2.75) is 0 Å². The van der Waals surface area contributed by atoms with E-state index in [0.717, 1.165) is 33.9 Å². The molecule has 0 aliphatic heterocycles. The third kappa shape index (κ3) is 4.07. The van der Waals surface area contributed by atoms with Gasteiger partial charge in [-0.1, -0.05) is 0 Å². The van der Waals surface area contributed by atoms with Crippen LogP contribution in [0.3, 0.4) is 0 Å². The Morgan fingerprint density at radius 1 is 0.400 bits per heavy atom. The first-order chi connectivity index (χ1) is 14.7. The van der Waals surface area contributed by atoms with Gasteiger partial charge >= 0.3 is 0 Å². The van der Waals surface area contributed by atoms with Crippen molar-refractivity contribution in [1.82, 2.24) is 15.0 Å². The van der Waals surface area contributed by atoms with Crippen LogP contribution in [0.15, 0.2) is 72.8 Å². The lowest BCUT2D eigenvalue weighted by Gasteiger charge is -2.09. The van der Waals surface area contributed by atoms with Gasteiger partial charge in [0.05, 0.1) is 21.3 Å². The van der Waals surface area contributed by atoms with Gasteiger partial charge in [-0.3, -0.25) is 0 Å². The van der Waals surface area contributed by atoms with Crippen molar-refractivity contribution in [3.8, 4) is 51.4 Å². The predicted octanol–water partition coefficient (Wildman–Crippen LogP) is 4.90. The molecule has 1 heterocycles. The van der Waals surface area contributed by atoms with Crippen LogP contribution in [-0.4, -0.2) is 36.3 Å². The average Bonchev–Trinajstić information content (AvgIpc) is 2.84. The van der Waals surface area contributed by atoms with Crippen molar-refractivity contribution in [2.75, 3.05) is 21.3 Å². The fourth-order valence-electron chi connectivity index (χ4n) is 2.98. The van der Waals surface area contributed by atoms with Crippen LogP contribution in [0, 0.1) is 0 Å². The summed E-state index contributed by atoms with van der Waals surface area (Å²) >= 11 is 0. The molecule has 1 aromatic heterocycles. The number of aromatic nitrogens is 3. The molecule has 3 aromatic carbocycles. The van der Waals surface area contributed by atoms with E-state index in [2.05, 4.69) is 0 Å². The first-order valence-corrected chi connectivity index (χ1v) is 9.39. The van der Waals surface area contributed by atoms with Gasteiger partial charge in [-0.25, -0.2) is 15.0 Å². The second-order valence-electron chi connectivity index (χ2n) is 6.49. The summed E-state index contributed by atoms with van der Waals surface area (Å²) in [6.07, 6.45) is 0. The molecule has 30 heavy (non-hydrogen) atoms. The molecule has 4 rings (SSSR count). The molecule has 0 bridgehead atoms. The molecule has 6 heteroatoms. The van der Waals surface area contributed by atoms with Crippen LogP contribution in [0.2, 0.25) is 0 Å². The van der Waals surface area contributed by atoms with Crippen molar-refractivity contribution >= 4 is 0 Å². The highest BCUT2D eigenvalue weighted by atomic mass is 16.5. The van der Waals surface area contributed by atoms with E-state index in [1.165, 1.54) is 0 Å². The van der Waals surface area contributed by atoms with Crippen molar-refractivity contribution in [3.63, 3.8) is 0 Å². The SMILES string of the molecule is COc1ccc(-c2nc(-c3ccc(OC)cc3)nc(-c3ccc(OC)cc3)n2)cc1. The number of hydrogen-bond donors (Lipinski definition) is 0. The standard InChI is InChI=1S/C24H21N3O3/c1-28-19-10-4-16(5-11-19)22-25-23(17-6-12-20(29-2)13-7-17)27-24(26-22)18-8-14-21(30-3)15-9-18/h4-15H,1-3H3. The van der Waals surface area contributed by atoms with E-state index < -0.39 is 0 Å². The van der Waals surface area contributed by atoms with Crippen LogP contribution in [0.5, 0.6) is 17.2 Å². The van der Waals surface area contributed by atoms with Crippen LogP contribution in [0.1, 0.15) is 0 Å². The second kappa shape index (κ2) is 8.61. The second-order valence-corrected chi connectivity index (χ2v) is 6.49. The molecule has 0 N–H and O–H groups in total. The molecule has 0 saturated heterocycles. The Bertz CT molecular complexity index is 967. The Morgan fingerprint density at radius 3 is 0.833 bits per heavy atom. The minimum atomic E-state index is 0.587. The maximum absolute atomic E-state index is 5.26. The number of rotatable bonds is 6. The average molecular weight is 399 g/mol. The van der Waals surface area contributed by atoms with Gasteiger partial charge in [-0.2, -0.15) is 0 Å². The minimum absolute atomic E-state index is 0.587. The lowest BCUT2D eigenvalue weighted by atomic mass is 10.1. The topological polar surface area (TPSA) is 66.4 Å². The molecular weight excluding hydrogens is 378 g/mol. The summed E-state index contributed by atoms with van der Waals surface area (Å²) in [5.41, 5.74) is 2.63.